The summed E-state index contributed by atoms with van der Waals surface area (Å²) < 4.78 is -0.248. The average Bonchev–Trinajstić information content (AvgIpc) is 1.83. The molecule has 0 aromatic heterocycles. The van der Waals surface area contributed by atoms with Crippen molar-refractivity contribution < 1.29 is 5.11 Å². The van der Waals surface area contributed by atoms with Crippen molar-refractivity contribution >= 4 is 31.9 Å². The Morgan fingerprint density at radius 2 is 2.36 bits per heavy atom. The number of allylic oxidation sites excluding steroid dienone is 2. The number of halogens is 2. The molecule has 0 aromatic rings. The summed E-state index contributed by atoms with van der Waals surface area (Å²) in [6, 6.07) is 1.95. The van der Waals surface area contributed by atoms with Crippen LogP contribution in [-0.4, -0.2) is 9.62 Å². The number of alkyl halides is 1. The Hall–Kier alpha value is -0.110. The van der Waals surface area contributed by atoms with Crippen LogP contribution in [0, 0.1) is 11.3 Å². The summed E-state index contributed by atoms with van der Waals surface area (Å²) in [6.07, 6.45) is 3.63. The lowest BCUT2D eigenvalue weighted by Gasteiger charge is -2.19. The Morgan fingerprint density at radius 1 is 1.73 bits per heavy atom. The molecule has 0 saturated carbocycles. The van der Waals surface area contributed by atoms with Crippen molar-refractivity contribution in [2.45, 2.75) is 10.9 Å². The van der Waals surface area contributed by atoms with Gasteiger partial charge in [0.2, 0.25) is 0 Å². The van der Waals surface area contributed by atoms with Crippen LogP contribution in [0.1, 0.15) is 6.42 Å². The van der Waals surface area contributed by atoms with Gasteiger partial charge in [0.25, 0.3) is 0 Å². The molecule has 0 heterocycles. The molecule has 0 aliphatic heterocycles. The van der Waals surface area contributed by atoms with Crippen LogP contribution in [0.4, 0.5) is 0 Å². The van der Waals surface area contributed by atoms with Gasteiger partial charge in [-0.25, -0.2) is 0 Å². The van der Waals surface area contributed by atoms with E-state index in [0.717, 1.165) is 4.48 Å². The highest BCUT2D eigenvalue weighted by molar-refractivity contribution is 9.12. The first-order chi connectivity index (χ1) is 5.03. The van der Waals surface area contributed by atoms with Gasteiger partial charge in [-0.2, -0.15) is 5.26 Å². The number of rotatable bonds is 0. The van der Waals surface area contributed by atoms with Crippen LogP contribution >= 0.6 is 31.9 Å². The molecule has 2 nitrogen and oxygen atoms in total. The number of nitrogens with zero attached hydrogens (tertiary/aromatic N) is 1. The SMILES string of the molecule is N#CC1=CC(O)(Br)CC(Br)=C1. The van der Waals surface area contributed by atoms with E-state index in [0.29, 0.717) is 12.0 Å². The number of hydrogen-bond donors (Lipinski definition) is 1. The van der Waals surface area contributed by atoms with Gasteiger partial charge < -0.3 is 5.11 Å². The summed E-state index contributed by atoms with van der Waals surface area (Å²) in [5.74, 6) is 0. The summed E-state index contributed by atoms with van der Waals surface area (Å²) >= 11 is 6.30. The molecule has 1 aliphatic rings. The van der Waals surface area contributed by atoms with Crippen molar-refractivity contribution in [1.29, 1.82) is 5.26 Å². The summed E-state index contributed by atoms with van der Waals surface area (Å²) in [4.78, 5) is 0. The van der Waals surface area contributed by atoms with Crippen LogP contribution in [0.25, 0.3) is 0 Å². The molecule has 0 spiro atoms. The van der Waals surface area contributed by atoms with Crippen molar-refractivity contribution in [2.75, 3.05) is 0 Å². The first-order valence-corrected chi connectivity index (χ1v) is 4.52. The summed E-state index contributed by atoms with van der Waals surface area (Å²) in [5, 5.41) is 18.0. The van der Waals surface area contributed by atoms with Crippen molar-refractivity contribution in [3.05, 3.63) is 22.2 Å². The lowest BCUT2D eigenvalue weighted by molar-refractivity contribution is 0.196. The second-order valence-corrected chi connectivity index (χ2v) is 4.69. The van der Waals surface area contributed by atoms with Gasteiger partial charge in [0.1, 0.15) is 4.51 Å². The zero-order chi connectivity index (χ0) is 8.48. The number of aliphatic hydroxyl groups is 1. The maximum atomic E-state index is 9.46. The molecular weight excluding hydrogens is 274 g/mol. The Bertz CT molecular complexity index is 273. The second kappa shape index (κ2) is 3.10. The van der Waals surface area contributed by atoms with Crippen LogP contribution in [0.15, 0.2) is 22.2 Å². The smallest absolute Gasteiger partial charge is 0.144 e. The maximum Gasteiger partial charge on any atom is 0.144 e. The quantitative estimate of drug-likeness (QED) is 0.691. The highest BCUT2D eigenvalue weighted by Crippen LogP contribution is 2.33. The highest BCUT2D eigenvalue weighted by atomic mass is 79.9. The van der Waals surface area contributed by atoms with E-state index in [4.69, 9.17) is 5.26 Å². The lowest BCUT2D eigenvalue weighted by Crippen LogP contribution is -2.19. The molecule has 0 radical (unpaired) electrons. The van der Waals surface area contributed by atoms with Crippen LogP contribution in [0.3, 0.4) is 0 Å². The van der Waals surface area contributed by atoms with Crippen molar-refractivity contribution in [2.24, 2.45) is 0 Å². The maximum absolute atomic E-state index is 9.46. The third kappa shape index (κ3) is 2.44. The van der Waals surface area contributed by atoms with E-state index in [2.05, 4.69) is 31.9 Å². The van der Waals surface area contributed by atoms with E-state index in [1.807, 2.05) is 6.07 Å². The van der Waals surface area contributed by atoms with Crippen molar-refractivity contribution in [3.63, 3.8) is 0 Å². The van der Waals surface area contributed by atoms with E-state index in [-0.39, 0.29) is 0 Å². The Morgan fingerprint density at radius 3 is 2.82 bits per heavy atom. The fraction of sp³-hybridized carbons (Fsp3) is 0.286. The van der Waals surface area contributed by atoms with E-state index in [1.54, 1.807) is 6.08 Å². The first kappa shape index (κ1) is 8.98. The van der Waals surface area contributed by atoms with Gasteiger partial charge in [0.05, 0.1) is 11.6 Å². The molecule has 0 bridgehead atoms. The minimum Gasteiger partial charge on any atom is -0.375 e. The minimum absolute atomic E-state index is 0.457. The van der Waals surface area contributed by atoms with E-state index < -0.39 is 4.51 Å². The first-order valence-electron chi connectivity index (χ1n) is 2.94. The predicted molar refractivity (Wildman–Crippen MR) is 49.2 cm³/mol. The fourth-order valence-electron chi connectivity index (χ4n) is 0.852. The van der Waals surface area contributed by atoms with Gasteiger partial charge in [-0.05, 0) is 28.1 Å². The van der Waals surface area contributed by atoms with E-state index >= 15 is 0 Å². The molecule has 0 aromatic carbocycles. The van der Waals surface area contributed by atoms with Crippen LogP contribution < -0.4 is 0 Å². The third-order valence-electron chi connectivity index (χ3n) is 1.23. The Kier molecular flexibility index (Phi) is 2.53. The largest absolute Gasteiger partial charge is 0.375 e. The van der Waals surface area contributed by atoms with Gasteiger partial charge in [-0.1, -0.05) is 15.9 Å². The molecule has 11 heavy (non-hydrogen) atoms. The molecule has 58 valence electrons. The lowest BCUT2D eigenvalue weighted by atomic mass is 10.1. The zero-order valence-corrected chi connectivity index (χ0v) is 8.68. The second-order valence-electron chi connectivity index (χ2n) is 2.30. The monoisotopic (exact) mass is 277 g/mol. The van der Waals surface area contributed by atoms with Gasteiger partial charge in [0.15, 0.2) is 0 Å². The van der Waals surface area contributed by atoms with Crippen molar-refractivity contribution in [1.82, 2.24) is 0 Å². The third-order valence-corrected chi connectivity index (χ3v) is 2.25. The molecule has 0 amide bonds. The molecular formula is C7H5Br2NO. The Balaban J connectivity index is 2.98. The molecule has 4 heteroatoms. The van der Waals surface area contributed by atoms with E-state index in [1.165, 1.54) is 6.08 Å². The summed E-state index contributed by atoms with van der Waals surface area (Å²) in [5.41, 5.74) is 0.461. The van der Waals surface area contributed by atoms with E-state index in [9.17, 15) is 5.11 Å². The molecule has 1 N–H and O–H groups in total. The van der Waals surface area contributed by atoms with Gasteiger partial charge in [0, 0.05) is 10.9 Å². The predicted octanol–water partition coefficient (Wildman–Crippen LogP) is 2.20. The van der Waals surface area contributed by atoms with Gasteiger partial charge in [-0.15, -0.1) is 0 Å². The molecule has 1 aliphatic carbocycles. The highest BCUT2D eigenvalue weighted by Gasteiger charge is 2.24. The van der Waals surface area contributed by atoms with Crippen LogP contribution in [-0.2, 0) is 0 Å². The summed E-state index contributed by atoms with van der Waals surface area (Å²) in [7, 11) is 0. The van der Waals surface area contributed by atoms with Gasteiger partial charge >= 0.3 is 0 Å². The molecule has 0 saturated heterocycles. The van der Waals surface area contributed by atoms with Gasteiger partial charge in [-0.3, -0.25) is 0 Å². The normalized spacial score (nSPS) is 30.4. The molecule has 1 unspecified atom stereocenters. The molecule has 1 rings (SSSR count). The molecule has 0 fully saturated rings. The van der Waals surface area contributed by atoms with Crippen LogP contribution in [0.2, 0.25) is 0 Å². The number of hydrogen-bond acceptors (Lipinski definition) is 2. The zero-order valence-electron chi connectivity index (χ0n) is 5.51. The van der Waals surface area contributed by atoms with Crippen LogP contribution in [0.5, 0.6) is 0 Å². The summed E-state index contributed by atoms with van der Waals surface area (Å²) in [6.45, 7) is 0. The fourth-order valence-corrected chi connectivity index (χ4v) is 2.45. The number of nitriles is 1. The van der Waals surface area contributed by atoms with Crippen molar-refractivity contribution in [3.8, 4) is 6.07 Å². The standard InChI is InChI=1S/C7H5Br2NO/c8-6-1-5(4-10)2-7(9,11)3-6/h1-2,11H,3H2. The topological polar surface area (TPSA) is 44.0 Å². The minimum atomic E-state index is -1.06. The Labute approximate surface area is 81.5 Å². The average molecular weight is 279 g/mol. The molecule has 1 atom stereocenters.